The molecule has 2 amide bonds. The van der Waals surface area contributed by atoms with Gasteiger partial charge in [0.25, 0.3) is 0 Å². The smallest absolute Gasteiger partial charge is 0.321 e. The van der Waals surface area contributed by atoms with Gasteiger partial charge in [0, 0.05) is 31.9 Å². The van der Waals surface area contributed by atoms with Gasteiger partial charge in [0.15, 0.2) is 0 Å². The molecule has 29 heavy (non-hydrogen) atoms. The molecule has 1 N–H and O–H groups in total. The largest absolute Gasteiger partial charge is 0.378 e. The number of carbonyl (C=O) groups is 1. The van der Waals surface area contributed by atoms with E-state index < -0.39 is 0 Å². The van der Waals surface area contributed by atoms with Crippen molar-refractivity contribution in [1.29, 1.82) is 0 Å². The van der Waals surface area contributed by atoms with E-state index in [1.165, 1.54) is 30.4 Å². The molecule has 0 unspecified atom stereocenters. The topological polar surface area (TPSA) is 44.8 Å². The Hall–Kier alpha value is -1.85. The number of piperidine rings is 1. The van der Waals surface area contributed by atoms with Gasteiger partial charge in [-0.3, -0.25) is 0 Å². The van der Waals surface area contributed by atoms with Crippen LogP contribution in [0.3, 0.4) is 0 Å². The average Bonchev–Trinajstić information content (AvgIpc) is 2.70. The molecule has 0 spiro atoms. The minimum atomic E-state index is -0.00637. The molecule has 162 valence electrons. The molecule has 2 rings (SSSR count). The van der Waals surface area contributed by atoms with Gasteiger partial charge >= 0.3 is 6.03 Å². The number of aryl methyl sites for hydroxylation is 2. The summed E-state index contributed by atoms with van der Waals surface area (Å²) in [7, 11) is 2.14. The number of ether oxygens (including phenoxy) is 1. The summed E-state index contributed by atoms with van der Waals surface area (Å²) in [5.41, 5.74) is 3.30. The van der Waals surface area contributed by atoms with Crippen LogP contribution in [-0.2, 0) is 4.74 Å². The molecule has 0 bridgehead atoms. The van der Waals surface area contributed by atoms with Crippen LogP contribution < -0.4 is 5.32 Å². The molecule has 1 aromatic rings. The lowest BCUT2D eigenvalue weighted by atomic mass is 10.1. The number of benzene rings is 1. The average molecular weight is 402 g/mol. The van der Waals surface area contributed by atoms with Gasteiger partial charge in [-0.25, -0.2) is 4.79 Å². The molecule has 1 aromatic carbocycles. The Bertz CT molecular complexity index is 639. The number of urea groups is 1. The zero-order valence-corrected chi connectivity index (χ0v) is 18.6. The second-order valence-corrected chi connectivity index (χ2v) is 8.25. The number of likely N-dealkylation sites (N-methyl/N-ethyl adjacent to an activating group) is 1. The van der Waals surface area contributed by atoms with Gasteiger partial charge in [-0.15, -0.1) is 6.58 Å². The van der Waals surface area contributed by atoms with Crippen LogP contribution in [-0.4, -0.2) is 61.8 Å². The number of carbonyl (C=O) groups excluding carboxylic acids is 1. The Morgan fingerprint density at radius 3 is 2.62 bits per heavy atom. The molecular weight excluding hydrogens is 362 g/mol. The normalized spacial score (nSPS) is 15.0. The highest BCUT2D eigenvalue weighted by molar-refractivity contribution is 5.89. The molecule has 0 aliphatic carbocycles. The maximum atomic E-state index is 12.5. The summed E-state index contributed by atoms with van der Waals surface area (Å²) in [4.78, 5) is 16.7. The second kappa shape index (κ2) is 12.7. The number of unbranched alkanes of at least 4 members (excludes halogenated alkanes) is 3. The van der Waals surface area contributed by atoms with E-state index in [4.69, 9.17) is 4.74 Å². The zero-order chi connectivity index (χ0) is 21.1. The summed E-state index contributed by atoms with van der Waals surface area (Å²) >= 11 is 0. The van der Waals surface area contributed by atoms with Crippen molar-refractivity contribution < 1.29 is 9.53 Å². The molecule has 1 aliphatic heterocycles. The van der Waals surface area contributed by atoms with Gasteiger partial charge in [-0.1, -0.05) is 25.0 Å². The van der Waals surface area contributed by atoms with Gasteiger partial charge in [0.2, 0.25) is 0 Å². The number of nitrogens with zero attached hydrogens (tertiary/aromatic N) is 2. The Morgan fingerprint density at radius 1 is 1.21 bits per heavy atom. The maximum Gasteiger partial charge on any atom is 0.321 e. The van der Waals surface area contributed by atoms with Gasteiger partial charge in [-0.05, 0) is 76.4 Å². The molecule has 0 radical (unpaired) electrons. The standard InChI is InChI=1S/C24H39N3O2/c1-5-14-26(4)15-8-6-7-9-18-29-23-12-16-27(17-13-23)24(28)25-22-11-10-20(2)21(3)19-22/h5,10-11,19,23H,1,6-9,12-18H2,2-4H3,(H,25,28). The van der Waals surface area contributed by atoms with Crippen molar-refractivity contribution >= 4 is 11.7 Å². The lowest BCUT2D eigenvalue weighted by molar-refractivity contribution is 0.0140. The molecule has 5 heteroatoms. The van der Waals surface area contributed by atoms with E-state index in [9.17, 15) is 4.79 Å². The summed E-state index contributed by atoms with van der Waals surface area (Å²) in [5.74, 6) is 0. The van der Waals surface area contributed by atoms with Gasteiger partial charge in [-0.2, -0.15) is 0 Å². The van der Waals surface area contributed by atoms with Crippen LogP contribution in [0.5, 0.6) is 0 Å². The minimum Gasteiger partial charge on any atom is -0.378 e. The molecule has 5 nitrogen and oxygen atoms in total. The molecular formula is C24H39N3O2. The van der Waals surface area contributed by atoms with E-state index in [0.29, 0.717) is 6.10 Å². The van der Waals surface area contributed by atoms with E-state index in [2.05, 4.69) is 37.7 Å². The molecule has 1 heterocycles. The van der Waals surface area contributed by atoms with E-state index in [0.717, 1.165) is 57.7 Å². The second-order valence-electron chi connectivity index (χ2n) is 8.25. The van der Waals surface area contributed by atoms with Crippen LogP contribution in [0.15, 0.2) is 30.9 Å². The first-order chi connectivity index (χ1) is 14.0. The van der Waals surface area contributed by atoms with E-state index in [-0.39, 0.29) is 6.03 Å². The molecule has 0 aromatic heterocycles. The van der Waals surface area contributed by atoms with Crippen molar-refractivity contribution in [2.24, 2.45) is 0 Å². The van der Waals surface area contributed by atoms with Crippen LogP contribution in [0.1, 0.15) is 49.7 Å². The van der Waals surface area contributed by atoms with Crippen molar-refractivity contribution in [2.75, 3.05) is 45.2 Å². The fourth-order valence-corrected chi connectivity index (χ4v) is 3.65. The third kappa shape index (κ3) is 8.58. The number of nitrogens with one attached hydrogen (secondary N) is 1. The molecule has 1 fully saturated rings. The van der Waals surface area contributed by atoms with Crippen LogP contribution in [0.4, 0.5) is 10.5 Å². The summed E-state index contributed by atoms with van der Waals surface area (Å²) in [6, 6.07) is 6.03. The maximum absolute atomic E-state index is 12.5. The fraction of sp³-hybridized carbons (Fsp3) is 0.625. The number of hydrogen-bond acceptors (Lipinski definition) is 3. The first kappa shape index (κ1) is 23.4. The Kier molecular flexibility index (Phi) is 10.2. The van der Waals surface area contributed by atoms with Crippen molar-refractivity contribution in [2.45, 2.75) is 58.5 Å². The lowest BCUT2D eigenvalue weighted by Gasteiger charge is -2.32. The summed E-state index contributed by atoms with van der Waals surface area (Å²) in [5, 5.41) is 3.02. The van der Waals surface area contributed by atoms with Crippen molar-refractivity contribution in [3.05, 3.63) is 42.0 Å². The molecule has 0 atom stereocenters. The predicted octanol–water partition coefficient (Wildman–Crippen LogP) is 4.99. The van der Waals surface area contributed by atoms with Crippen LogP contribution in [0.2, 0.25) is 0 Å². The predicted molar refractivity (Wildman–Crippen MR) is 122 cm³/mol. The number of amides is 2. The molecule has 1 saturated heterocycles. The van der Waals surface area contributed by atoms with Crippen LogP contribution in [0.25, 0.3) is 0 Å². The van der Waals surface area contributed by atoms with Crippen molar-refractivity contribution in [1.82, 2.24) is 9.80 Å². The SMILES string of the molecule is C=CCN(C)CCCCCCOC1CCN(C(=O)Nc2ccc(C)c(C)c2)CC1. The highest BCUT2D eigenvalue weighted by Crippen LogP contribution is 2.18. The Labute approximate surface area is 177 Å². The lowest BCUT2D eigenvalue weighted by Crippen LogP contribution is -2.43. The number of likely N-dealkylation sites (tertiary alicyclic amines) is 1. The van der Waals surface area contributed by atoms with Crippen molar-refractivity contribution in [3.8, 4) is 0 Å². The Balaban J connectivity index is 1.55. The Morgan fingerprint density at radius 2 is 1.93 bits per heavy atom. The van der Waals surface area contributed by atoms with Crippen molar-refractivity contribution in [3.63, 3.8) is 0 Å². The van der Waals surface area contributed by atoms with Gasteiger partial charge in [0.05, 0.1) is 6.10 Å². The van der Waals surface area contributed by atoms with Gasteiger partial charge < -0.3 is 19.9 Å². The summed E-state index contributed by atoms with van der Waals surface area (Å²) in [6.45, 7) is 12.4. The molecule has 0 saturated carbocycles. The molecule has 1 aliphatic rings. The van der Waals surface area contributed by atoms with Crippen LogP contribution in [0, 0.1) is 13.8 Å². The van der Waals surface area contributed by atoms with E-state index >= 15 is 0 Å². The van der Waals surface area contributed by atoms with Gasteiger partial charge in [0.1, 0.15) is 0 Å². The minimum absolute atomic E-state index is 0.00637. The first-order valence-corrected chi connectivity index (χ1v) is 11.0. The summed E-state index contributed by atoms with van der Waals surface area (Å²) in [6.07, 6.45) is 8.92. The van der Waals surface area contributed by atoms with Crippen LogP contribution >= 0.6 is 0 Å². The monoisotopic (exact) mass is 401 g/mol. The van der Waals surface area contributed by atoms with E-state index in [1.807, 2.05) is 29.2 Å². The van der Waals surface area contributed by atoms with E-state index in [1.54, 1.807) is 0 Å². The highest BCUT2D eigenvalue weighted by Gasteiger charge is 2.23. The number of anilines is 1. The number of hydrogen-bond donors (Lipinski definition) is 1. The third-order valence-electron chi connectivity index (χ3n) is 5.72. The number of rotatable bonds is 11. The quantitative estimate of drug-likeness (QED) is 0.419. The summed E-state index contributed by atoms with van der Waals surface area (Å²) < 4.78 is 6.04. The first-order valence-electron chi connectivity index (χ1n) is 11.0. The third-order valence-corrected chi connectivity index (χ3v) is 5.72. The fourth-order valence-electron chi connectivity index (χ4n) is 3.65. The zero-order valence-electron chi connectivity index (χ0n) is 18.6. The highest BCUT2D eigenvalue weighted by atomic mass is 16.5.